The smallest absolute Gasteiger partial charge is 0.330 e. The number of hydrogen-bond acceptors (Lipinski definition) is 6. The van der Waals surface area contributed by atoms with E-state index in [1.807, 2.05) is 4.72 Å². The van der Waals surface area contributed by atoms with E-state index in [0.29, 0.717) is 16.3 Å². The maximum atomic E-state index is 11.7. The Morgan fingerprint density at radius 3 is 2.52 bits per heavy atom. The van der Waals surface area contributed by atoms with Crippen LogP contribution in [0.3, 0.4) is 0 Å². The van der Waals surface area contributed by atoms with Gasteiger partial charge in [-0.2, -0.15) is 8.42 Å². The lowest BCUT2D eigenvalue weighted by molar-refractivity contribution is 0.392. The van der Waals surface area contributed by atoms with Gasteiger partial charge in [0, 0.05) is 6.54 Å². The van der Waals surface area contributed by atoms with Gasteiger partial charge in [0.1, 0.15) is 11.4 Å². The number of nitrogens with one attached hydrogen (secondary N) is 2. The number of rotatable bonds is 6. The van der Waals surface area contributed by atoms with Crippen molar-refractivity contribution >= 4 is 25.9 Å². The van der Waals surface area contributed by atoms with Gasteiger partial charge in [-0.1, -0.05) is 6.07 Å². The summed E-state index contributed by atoms with van der Waals surface area (Å²) < 4.78 is 51.1. The molecule has 0 bridgehead atoms. The average molecular weight is 363 g/mol. The maximum Gasteiger partial charge on any atom is 0.330 e. The molecule has 0 spiro atoms. The van der Waals surface area contributed by atoms with Crippen LogP contribution in [0, 0.1) is 0 Å². The highest BCUT2D eigenvalue weighted by atomic mass is 32.2. The molecule has 11 heteroatoms. The van der Waals surface area contributed by atoms with E-state index < -0.39 is 26.1 Å². The highest BCUT2D eigenvalue weighted by molar-refractivity contribution is 7.91. The van der Waals surface area contributed by atoms with E-state index in [-0.39, 0.29) is 23.7 Å². The van der Waals surface area contributed by atoms with Gasteiger partial charge in [0.25, 0.3) is 0 Å². The zero-order valence-electron chi connectivity index (χ0n) is 12.2. The van der Waals surface area contributed by atoms with Gasteiger partial charge in [0.05, 0.1) is 12.0 Å². The van der Waals surface area contributed by atoms with E-state index in [9.17, 15) is 27.0 Å². The molecule has 0 unspecified atom stereocenters. The first-order valence-electron chi connectivity index (χ1n) is 6.67. The van der Waals surface area contributed by atoms with E-state index in [4.69, 9.17) is 0 Å². The fraction of sp³-hybridized carbons (Fsp3) is 0.333. The summed E-state index contributed by atoms with van der Waals surface area (Å²) >= 11 is 0. The molecule has 1 aromatic rings. The van der Waals surface area contributed by atoms with Crippen molar-refractivity contribution in [1.29, 1.82) is 0 Å². The average Bonchev–Trinajstić information content (AvgIpc) is 2.71. The minimum Gasteiger partial charge on any atom is -0.506 e. The van der Waals surface area contributed by atoms with Gasteiger partial charge in [0.15, 0.2) is 0 Å². The molecule has 0 atom stereocenters. The Labute approximate surface area is 134 Å². The van der Waals surface area contributed by atoms with Crippen LogP contribution < -0.4 is 13.7 Å². The SMILES string of the molecule is CCS(=O)(=O)NCCc1ccc(N2C=C(O)NS2(=O)=O)c(O)c1. The summed E-state index contributed by atoms with van der Waals surface area (Å²) in [6.45, 7) is 1.69. The highest BCUT2D eigenvalue weighted by Crippen LogP contribution is 2.32. The number of anilines is 1. The molecule has 2 rings (SSSR count). The van der Waals surface area contributed by atoms with Crippen LogP contribution in [0.2, 0.25) is 0 Å². The lowest BCUT2D eigenvalue weighted by Crippen LogP contribution is -2.29. The standard InChI is InChI=1S/C12H17N3O6S2/c1-2-22(18,19)13-6-5-9-3-4-10(11(16)7-9)15-8-12(17)14-23(15,20)21/h3-4,7-8,13-14,16-17H,2,5-6H2,1H3. The van der Waals surface area contributed by atoms with E-state index in [1.54, 1.807) is 6.07 Å². The van der Waals surface area contributed by atoms with Crippen molar-refractivity contribution in [2.75, 3.05) is 16.6 Å². The zero-order valence-corrected chi connectivity index (χ0v) is 13.9. The fourth-order valence-corrected chi connectivity index (χ4v) is 3.64. The molecule has 0 aromatic heterocycles. The third-order valence-electron chi connectivity index (χ3n) is 3.12. The minimum atomic E-state index is -3.98. The molecule has 9 nitrogen and oxygen atoms in total. The highest BCUT2D eigenvalue weighted by Gasteiger charge is 2.30. The summed E-state index contributed by atoms with van der Waals surface area (Å²) in [5, 5.41) is 19.2. The Bertz CT molecular complexity index is 832. The molecule has 128 valence electrons. The first kappa shape index (κ1) is 17.4. The van der Waals surface area contributed by atoms with Gasteiger partial charge in [-0.25, -0.2) is 22.2 Å². The van der Waals surface area contributed by atoms with Crippen LogP contribution in [-0.4, -0.2) is 39.3 Å². The van der Waals surface area contributed by atoms with Gasteiger partial charge in [-0.3, -0.25) is 0 Å². The first-order valence-corrected chi connectivity index (χ1v) is 9.76. The summed E-state index contributed by atoms with van der Waals surface area (Å²) in [4.78, 5) is 0. The van der Waals surface area contributed by atoms with E-state index in [2.05, 4.69) is 4.72 Å². The predicted octanol–water partition coefficient (Wildman–Crippen LogP) is -0.115. The topological polar surface area (TPSA) is 136 Å². The normalized spacial score (nSPS) is 16.9. The van der Waals surface area contributed by atoms with Crippen LogP contribution in [0.1, 0.15) is 12.5 Å². The molecule has 0 saturated heterocycles. The monoisotopic (exact) mass is 363 g/mol. The third-order valence-corrected chi connectivity index (χ3v) is 5.82. The van der Waals surface area contributed by atoms with Gasteiger partial charge >= 0.3 is 10.2 Å². The molecule has 1 aliphatic heterocycles. The summed E-state index contributed by atoms with van der Waals surface area (Å²) in [6, 6.07) is 4.27. The van der Waals surface area contributed by atoms with Crippen LogP contribution in [0.15, 0.2) is 30.3 Å². The largest absolute Gasteiger partial charge is 0.506 e. The van der Waals surface area contributed by atoms with Crippen molar-refractivity contribution in [1.82, 2.24) is 9.44 Å². The van der Waals surface area contributed by atoms with Crippen molar-refractivity contribution in [3.63, 3.8) is 0 Å². The summed E-state index contributed by atoms with van der Waals surface area (Å²) in [5.41, 5.74) is 0.599. The quantitative estimate of drug-likeness (QED) is 0.556. The third kappa shape index (κ3) is 4.06. The fourth-order valence-electron chi connectivity index (χ4n) is 1.95. The Balaban J connectivity index is 2.13. The lowest BCUT2D eigenvalue weighted by Gasteiger charge is -2.16. The molecule has 0 fully saturated rings. The number of aromatic hydroxyl groups is 1. The van der Waals surface area contributed by atoms with Crippen LogP contribution >= 0.6 is 0 Å². The Morgan fingerprint density at radius 2 is 2.00 bits per heavy atom. The second-order valence-corrected chi connectivity index (χ2v) is 8.43. The Morgan fingerprint density at radius 1 is 1.30 bits per heavy atom. The van der Waals surface area contributed by atoms with Crippen molar-refractivity contribution in [2.24, 2.45) is 0 Å². The Hall–Kier alpha value is -1.98. The summed E-state index contributed by atoms with van der Waals surface area (Å²) in [7, 11) is -7.26. The molecule has 0 radical (unpaired) electrons. The van der Waals surface area contributed by atoms with E-state index in [0.717, 1.165) is 6.20 Å². The number of phenols is 1. The zero-order chi connectivity index (χ0) is 17.3. The number of aliphatic hydroxyl groups is 1. The van der Waals surface area contributed by atoms with Crippen molar-refractivity contribution in [3.8, 4) is 5.75 Å². The van der Waals surface area contributed by atoms with Gasteiger partial charge < -0.3 is 10.2 Å². The molecular weight excluding hydrogens is 346 g/mol. The molecule has 0 aliphatic carbocycles. The Kier molecular flexibility index (Phi) is 4.73. The number of sulfonamides is 1. The summed E-state index contributed by atoms with van der Waals surface area (Å²) in [6.07, 6.45) is 1.26. The molecule has 1 heterocycles. The molecule has 1 aliphatic rings. The molecular formula is C12H17N3O6S2. The van der Waals surface area contributed by atoms with Crippen LogP contribution in [0.25, 0.3) is 0 Å². The van der Waals surface area contributed by atoms with Crippen molar-refractivity contribution in [3.05, 3.63) is 35.8 Å². The van der Waals surface area contributed by atoms with Crippen LogP contribution in [-0.2, 0) is 26.7 Å². The number of aliphatic hydroxyl groups excluding tert-OH is 1. The minimum absolute atomic E-state index is 0.0210. The maximum absolute atomic E-state index is 11.7. The number of nitrogens with zero attached hydrogens (tertiary/aromatic N) is 1. The van der Waals surface area contributed by atoms with Crippen LogP contribution in [0.5, 0.6) is 5.75 Å². The predicted molar refractivity (Wildman–Crippen MR) is 84.5 cm³/mol. The number of benzene rings is 1. The number of phenolic OH excluding ortho intramolecular Hbond substituents is 1. The molecule has 0 amide bonds. The molecule has 1 aromatic carbocycles. The van der Waals surface area contributed by atoms with Crippen molar-refractivity contribution < 1.29 is 27.0 Å². The van der Waals surface area contributed by atoms with E-state index in [1.165, 1.54) is 19.1 Å². The summed E-state index contributed by atoms with van der Waals surface area (Å²) in [5.74, 6) is -0.882. The number of hydrogen-bond donors (Lipinski definition) is 4. The second-order valence-electron chi connectivity index (χ2n) is 4.79. The lowest BCUT2D eigenvalue weighted by atomic mass is 10.1. The van der Waals surface area contributed by atoms with Crippen LogP contribution in [0.4, 0.5) is 5.69 Å². The van der Waals surface area contributed by atoms with Gasteiger partial charge in [0.2, 0.25) is 15.9 Å². The molecule has 23 heavy (non-hydrogen) atoms. The molecule has 0 saturated carbocycles. The van der Waals surface area contributed by atoms with Gasteiger partial charge in [-0.15, -0.1) is 0 Å². The second kappa shape index (κ2) is 6.26. The molecule has 4 N–H and O–H groups in total. The van der Waals surface area contributed by atoms with Gasteiger partial charge in [-0.05, 0) is 31.0 Å². The van der Waals surface area contributed by atoms with Crippen molar-refractivity contribution in [2.45, 2.75) is 13.3 Å². The first-order chi connectivity index (χ1) is 10.6. The van der Waals surface area contributed by atoms with E-state index >= 15 is 0 Å².